The van der Waals surface area contributed by atoms with Crippen molar-refractivity contribution in [3.63, 3.8) is 0 Å². The van der Waals surface area contributed by atoms with Gasteiger partial charge in [-0.3, -0.25) is 10.1 Å². The van der Waals surface area contributed by atoms with Crippen molar-refractivity contribution in [3.8, 4) is 11.8 Å². The van der Waals surface area contributed by atoms with Gasteiger partial charge < -0.3 is 15.0 Å². The molecule has 3 amide bonds. The maximum Gasteiger partial charge on any atom is 0.326 e. The summed E-state index contributed by atoms with van der Waals surface area (Å²) in [6, 6.07) is 11.8. The normalized spacial score (nSPS) is 10.4. The number of rotatable bonds is 7. The lowest BCUT2D eigenvalue weighted by molar-refractivity contribution is 0.0967. The third-order valence-electron chi connectivity index (χ3n) is 4.71. The third kappa shape index (κ3) is 5.73. The first-order chi connectivity index (χ1) is 15.4. The van der Waals surface area contributed by atoms with E-state index in [2.05, 4.69) is 25.5 Å². The zero-order valence-electron chi connectivity index (χ0n) is 18.1. The highest BCUT2D eigenvalue weighted by Gasteiger charge is 2.17. The Morgan fingerprint density at radius 2 is 1.75 bits per heavy atom. The second-order valence-electron chi connectivity index (χ2n) is 6.86. The number of amides is 3. The molecular weight excluding hydrogens is 430 g/mol. The van der Waals surface area contributed by atoms with Crippen LogP contribution in [-0.4, -0.2) is 35.0 Å². The molecule has 3 rings (SSSR count). The molecule has 0 aliphatic heterocycles. The van der Waals surface area contributed by atoms with E-state index in [4.69, 9.17) is 16.3 Å². The van der Waals surface area contributed by atoms with Crippen LogP contribution >= 0.6 is 11.6 Å². The molecule has 3 aromatic rings. The van der Waals surface area contributed by atoms with E-state index in [1.807, 2.05) is 32.9 Å². The summed E-state index contributed by atoms with van der Waals surface area (Å²) >= 11 is 5.78. The van der Waals surface area contributed by atoms with Gasteiger partial charge in [0.05, 0.1) is 23.0 Å². The van der Waals surface area contributed by atoms with E-state index >= 15 is 0 Å². The molecule has 0 aliphatic carbocycles. The largest absolute Gasteiger partial charge is 0.424 e. The number of carbonyl (C=O) groups is 2. The SMILES string of the molecule is CCN(CC)c1ccccc1C(=O)NC(=O)Nc1ccc(Oc2ncc(Cl)cn2)c(C)c1. The van der Waals surface area contributed by atoms with Gasteiger partial charge in [0, 0.05) is 24.5 Å². The van der Waals surface area contributed by atoms with Gasteiger partial charge in [0.2, 0.25) is 0 Å². The van der Waals surface area contributed by atoms with Crippen molar-refractivity contribution in [1.82, 2.24) is 15.3 Å². The van der Waals surface area contributed by atoms with Crippen LogP contribution in [0.4, 0.5) is 16.2 Å². The molecule has 0 saturated heterocycles. The minimum atomic E-state index is -0.626. The van der Waals surface area contributed by atoms with E-state index in [9.17, 15) is 9.59 Å². The van der Waals surface area contributed by atoms with E-state index in [-0.39, 0.29) is 6.01 Å². The van der Waals surface area contributed by atoms with Crippen molar-refractivity contribution in [2.24, 2.45) is 0 Å². The van der Waals surface area contributed by atoms with Crippen LogP contribution in [0.5, 0.6) is 11.8 Å². The van der Waals surface area contributed by atoms with Gasteiger partial charge in [0.25, 0.3) is 5.91 Å². The third-order valence-corrected chi connectivity index (χ3v) is 4.91. The highest BCUT2D eigenvalue weighted by molar-refractivity contribution is 6.30. The van der Waals surface area contributed by atoms with E-state index in [0.29, 0.717) is 22.0 Å². The average molecular weight is 454 g/mol. The van der Waals surface area contributed by atoms with Gasteiger partial charge in [-0.2, -0.15) is 0 Å². The number of hydrogen-bond donors (Lipinski definition) is 2. The predicted molar refractivity (Wildman–Crippen MR) is 125 cm³/mol. The fourth-order valence-corrected chi connectivity index (χ4v) is 3.23. The van der Waals surface area contributed by atoms with E-state index < -0.39 is 11.9 Å². The summed E-state index contributed by atoms with van der Waals surface area (Å²) in [6.45, 7) is 7.35. The molecule has 0 unspecified atom stereocenters. The van der Waals surface area contributed by atoms with Gasteiger partial charge in [0.15, 0.2) is 0 Å². The van der Waals surface area contributed by atoms with E-state index in [0.717, 1.165) is 24.3 Å². The molecule has 0 bridgehead atoms. The van der Waals surface area contributed by atoms with Crippen LogP contribution in [0.1, 0.15) is 29.8 Å². The van der Waals surface area contributed by atoms with Gasteiger partial charge in [-0.05, 0) is 56.7 Å². The van der Waals surface area contributed by atoms with Gasteiger partial charge >= 0.3 is 12.0 Å². The molecular formula is C23H24ClN5O3. The molecule has 0 fully saturated rings. The van der Waals surface area contributed by atoms with Crippen LogP contribution in [0.3, 0.4) is 0 Å². The molecule has 8 nitrogen and oxygen atoms in total. The molecule has 9 heteroatoms. The number of nitrogens with one attached hydrogen (secondary N) is 2. The number of aryl methyl sites for hydroxylation is 1. The molecule has 32 heavy (non-hydrogen) atoms. The quantitative estimate of drug-likeness (QED) is 0.520. The summed E-state index contributed by atoms with van der Waals surface area (Å²) in [6.07, 6.45) is 2.88. The molecule has 2 N–H and O–H groups in total. The highest BCUT2D eigenvalue weighted by atomic mass is 35.5. The number of halogens is 1. The molecule has 0 aliphatic rings. The van der Waals surface area contributed by atoms with Gasteiger partial charge in [-0.1, -0.05) is 23.7 Å². The number of carbonyl (C=O) groups excluding carboxylic acids is 2. The van der Waals surface area contributed by atoms with Crippen molar-refractivity contribution < 1.29 is 14.3 Å². The molecule has 166 valence electrons. The van der Waals surface area contributed by atoms with Crippen molar-refractivity contribution in [3.05, 3.63) is 71.0 Å². The first-order valence-electron chi connectivity index (χ1n) is 10.1. The Bertz CT molecular complexity index is 1100. The lowest BCUT2D eigenvalue weighted by Crippen LogP contribution is -2.35. The number of anilines is 2. The van der Waals surface area contributed by atoms with Crippen molar-refractivity contribution >= 4 is 34.9 Å². The highest BCUT2D eigenvalue weighted by Crippen LogP contribution is 2.26. The standard InChI is InChI=1S/C23H24ClN5O3/c1-4-29(5-2)19-9-7-6-8-18(19)21(30)28-22(31)27-17-10-11-20(15(3)12-17)32-23-25-13-16(24)14-26-23/h6-14H,4-5H2,1-3H3,(H2,27,28,30,31). The first-order valence-corrected chi connectivity index (χ1v) is 10.5. The van der Waals surface area contributed by atoms with Gasteiger partial charge in [0.1, 0.15) is 5.75 Å². The van der Waals surface area contributed by atoms with Crippen LogP contribution in [-0.2, 0) is 0 Å². The summed E-state index contributed by atoms with van der Waals surface area (Å²) in [5.74, 6) is 0.0593. The number of hydrogen-bond acceptors (Lipinski definition) is 6. The van der Waals surface area contributed by atoms with Crippen molar-refractivity contribution in [1.29, 1.82) is 0 Å². The van der Waals surface area contributed by atoms with E-state index in [1.54, 1.807) is 30.3 Å². The molecule has 0 radical (unpaired) electrons. The summed E-state index contributed by atoms with van der Waals surface area (Å²) in [5.41, 5.74) is 2.48. The number of aromatic nitrogens is 2. The monoisotopic (exact) mass is 453 g/mol. The predicted octanol–water partition coefficient (Wildman–Crippen LogP) is 5.04. The minimum Gasteiger partial charge on any atom is -0.424 e. The maximum absolute atomic E-state index is 12.7. The van der Waals surface area contributed by atoms with Gasteiger partial charge in [-0.25, -0.2) is 14.8 Å². The topological polar surface area (TPSA) is 96.5 Å². The van der Waals surface area contributed by atoms with Crippen LogP contribution in [0.2, 0.25) is 5.02 Å². The number of benzene rings is 2. The maximum atomic E-state index is 12.7. The zero-order chi connectivity index (χ0) is 23.1. The van der Waals surface area contributed by atoms with Crippen LogP contribution < -0.4 is 20.3 Å². The Morgan fingerprint density at radius 1 is 1.06 bits per heavy atom. The first kappa shape index (κ1) is 23.0. The fraction of sp³-hybridized carbons (Fsp3) is 0.217. The lowest BCUT2D eigenvalue weighted by atomic mass is 10.1. The number of imide groups is 1. The smallest absolute Gasteiger partial charge is 0.326 e. The Hall–Kier alpha value is -3.65. The molecule has 1 aromatic heterocycles. The molecule has 1 heterocycles. The van der Waals surface area contributed by atoms with Crippen LogP contribution in [0.25, 0.3) is 0 Å². The van der Waals surface area contributed by atoms with Gasteiger partial charge in [-0.15, -0.1) is 0 Å². The zero-order valence-corrected chi connectivity index (χ0v) is 18.8. The number of para-hydroxylation sites is 1. The summed E-state index contributed by atoms with van der Waals surface area (Å²) in [4.78, 5) is 35.2. The average Bonchev–Trinajstić information content (AvgIpc) is 2.78. The fourth-order valence-electron chi connectivity index (χ4n) is 3.13. The molecule has 0 saturated carbocycles. The number of ether oxygens (including phenoxy) is 1. The van der Waals surface area contributed by atoms with Crippen molar-refractivity contribution in [2.75, 3.05) is 23.3 Å². The number of nitrogens with zero attached hydrogens (tertiary/aromatic N) is 3. The van der Waals surface area contributed by atoms with Crippen LogP contribution in [0.15, 0.2) is 54.9 Å². The second kappa shape index (κ2) is 10.6. The Balaban J connectivity index is 1.66. The summed E-state index contributed by atoms with van der Waals surface area (Å²) < 4.78 is 5.64. The van der Waals surface area contributed by atoms with Crippen molar-refractivity contribution in [2.45, 2.75) is 20.8 Å². The Kier molecular flexibility index (Phi) is 7.62. The Labute approximate surface area is 191 Å². The summed E-state index contributed by atoms with van der Waals surface area (Å²) in [7, 11) is 0. The molecule has 0 atom stereocenters. The molecule has 0 spiro atoms. The number of urea groups is 1. The van der Waals surface area contributed by atoms with E-state index in [1.165, 1.54) is 12.4 Å². The van der Waals surface area contributed by atoms with Crippen LogP contribution in [0, 0.1) is 6.92 Å². The summed E-state index contributed by atoms with van der Waals surface area (Å²) in [5, 5.41) is 5.47. The lowest BCUT2D eigenvalue weighted by Gasteiger charge is -2.23. The minimum absolute atomic E-state index is 0.161. The second-order valence-corrected chi connectivity index (χ2v) is 7.30. The Morgan fingerprint density at radius 3 is 2.41 bits per heavy atom. The molecule has 2 aromatic carbocycles.